The Morgan fingerprint density at radius 1 is 1.30 bits per heavy atom. The first-order valence-electron chi connectivity index (χ1n) is 12.0. The average molecular weight is 548 g/mol. The summed E-state index contributed by atoms with van der Waals surface area (Å²) >= 11 is 7.84. The van der Waals surface area contributed by atoms with Gasteiger partial charge in [0.15, 0.2) is 0 Å². The number of ether oxygens (including phenoxy) is 2. The van der Waals surface area contributed by atoms with Crippen LogP contribution in [0, 0.1) is 6.92 Å². The van der Waals surface area contributed by atoms with Crippen molar-refractivity contribution in [1.29, 1.82) is 0 Å². The molecule has 0 bridgehead atoms. The van der Waals surface area contributed by atoms with E-state index in [1.54, 1.807) is 6.92 Å². The molecule has 3 N–H and O–H groups in total. The van der Waals surface area contributed by atoms with Crippen LogP contribution in [0.5, 0.6) is 0 Å². The van der Waals surface area contributed by atoms with Gasteiger partial charge < -0.3 is 29.6 Å². The summed E-state index contributed by atoms with van der Waals surface area (Å²) in [5.41, 5.74) is 0.338. The summed E-state index contributed by atoms with van der Waals surface area (Å²) in [6.07, 6.45) is 4.18. The number of thiophene rings is 1. The number of oxazole rings is 1. The Bertz CT molecular complexity index is 1240. The second kappa shape index (κ2) is 11.6. The van der Waals surface area contributed by atoms with Crippen molar-refractivity contribution >= 4 is 39.8 Å². The van der Waals surface area contributed by atoms with E-state index in [0.717, 1.165) is 18.4 Å². The van der Waals surface area contributed by atoms with E-state index in [-0.39, 0.29) is 6.10 Å². The third kappa shape index (κ3) is 6.32. The highest BCUT2D eigenvalue weighted by Gasteiger charge is 2.33. The first-order chi connectivity index (χ1) is 17.7. The van der Waals surface area contributed by atoms with Crippen LogP contribution in [0.1, 0.15) is 54.3 Å². The lowest BCUT2D eigenvalue weighted by Gasteiger charge is -2.29. The Morgan fingerprint density at radius 2 is 2.03 bits per heavy atom. The number of carboxylic acid groups (broad SMARTS) is 1. The summed E-state index contributed by atoms with van der Waals surface area (Å²) in [4.78, 5) is 29.9. The van der Waals surface area contributed by atoms with Crippen molar-refractivity contribution in [2.75, 3.05) is 25.1 Å². The number of benzene rings is 1. The Labute approximate surface area is 224 Å². The zero-order chi connectivity index (χ0) is 26.6. The minimum Gasteiger partial charge on any atom is -0.480 e. The van der Waals surface area contributed by atoms with E-state index in [9.17, 15) is 14.7 Å². The van der Waals surface area contributed by atoms with Gasteiger partial charge in [0, 0.05) is 30.3 Å². The van der Waals surface area contributed by atoms with Crippen molar-refractivity contribution in [2.24, 2.45) is 0 Å². The van der Waals surface area contributed by atoms with Crippen molar-refractivity contribution in [2.45, 2.75) is 51.4 Å². The Kier molecular flexibility index (Phi) is 8.53. The molecule has 1 saturated heterocycles. The van der Waals surface area contributed by atoms with Crippen molar-refractivity contribution < 1.29 is 28.6 Å². The SMILES string of the molecule is Cc1c(-c2ncco2)sc(NC[C@H](OC2CCOCC2)c2ccccc2Cl)c1C(=O)NC(C)(C)C(=O)O. The molecule has 2 aromatic heterocycles. The molecule has 3 heterocycles. The topological polar surface area (TPSA) is 123 Å². The molecule has 0 radical (unpaired) electrons. The van der Waals surface area contributed by atoms with Gasteiger partial charge in [0.2, 0.25) is 5.89 Å². The molecule has 0 saturated carbocycles. The molecule has 1 fully saturated rings. The molecule has 198 valence electrons. The Hall–Kier alpha value is -2.92. The van der Waals surface area contributed by atoms with Crippen LogP contribution in [0.2, 0.25) is 5.02 Å². The number of carbonyl (C=O) groups excluding carboxylic acids is 1. The largest absolute Gasteiger partial charge is 0.480 e. The van der Waals surface area contributed by atoms with Crippen LogP contribution in [-0.4, -0.2) is 53.4 Å². The van der Waals surface area contributed by atoms with E-state index in [1.165, 1.54) is 37.6 Å². The number of anilines is 1. The fourth-order valence-corrected chi connectivity index (χ4v) is 5.46. The van der Waals surface area contributed by atoms with Crippen LogP contribution in [-0.2, 0) is 14.3 Å². The first kappa shape index (κ1) is 27.1. The minimum atomic E-state index is -1.46. The predicted octanol–water partition coefficient (Wildman–Crippen LogP) is 5.31. The van der Waals surface area contributed by atoms with Crippen molar-refractivity contribution in [3.63, 3.8) is 0 Å². The van der Waals surface area contributed by atoms with Crippen LogP contribution >= 0.6 is 22.9 Å². The molecule has 11 heteroatoms. The molecule has 1 aromatic carbocycles. The second-order valence-corrected chi connectivity index (χ2v) is 10.7. The predicted molar refractivity (Wildman–Crippen MR) is 141 cm³/mol. The molecular weight excluding hydrogens is 518 g/mol. The van der Waals surface area contributed by atoms with E-state index >= 15 is 0 Å². The standard InChI is InChI=1S/C26H30ClN3O6S/c1-15-20(22(31)30-26(2,3)25(32)33)24(37-21(15)23-28-10-13-35-23)29-14-19(17-6-4-5-7-18(17)27)36-16-8-11-34-12-9-16/h4-7,10,13,16,19,29H,8-9,11-12,14H2,1-3H3,(H,30,31)(H,32,33)/t19-/m0/s1. The summed E-state index contributed by atoms with van der Waals surface area (Å²) in [5.74, 6) is -1.27. The summed E-state index contributed by atoms with van der Waals surface area (Å²) in [7, 11) is 0. The normalized spacial score (nSPS) is 15.4. The van der Waals surface area contributed by atoms with Gasteiger partial charge >= 0.3 is 5.97 Å². The molecule has 0 aliphatic carbocycles. The van der Waals surface area contributed by atoms with Crippen LogP contribution in [0.3, 0.4) is 0 Å². The van der Waals surface area contributed by atoms with Crippen LogP contribution in [0.4, 0.5) is 5.00 Å². The number of hydrogen-bond acceptors (Lipinski definition) is 8. The van der Waals surface area contributed by atoms with Gasteiger partial charge in [0.1, 0.15) is 22.9 Å². The molecule has 37 heavy (non-hydrogen) atoms. The van der Waals surface area contributed by atoms with Crippen molar-refractivity contribution in [1.82, 2.24) is 10.3 Å². The summed E-state index contributed by atoms with van der Waals surface area (Å²) in [6, 6.07) is 7.52. The molecule has 1 aliphatic heterocycles. The Morgan fingerprint density at radius 3 is 2.68 bits per heavy atom. The lowest BCUT2D eigenvalue weighted by Crippen LogP contribution is -2.49. The molecule has 1 atom stereocenters. The number of aromatic nitrogens is 1. The Balaban J connectivity index is 1.65. The zero-order valence-electron chi connectivity index (χ0n) is 20.9. The number of nitrogens with zero attached hydrogens (tertiary/aromatic N) is 1. The number of amides is 1. The lowest BCUT2D eigenvalue weighted by atomic mass is 10.0. The molecule has 3 aromatic rings. The van der Waals surface area contributed by atoms with Gasteiger partial charge in [-0.15, -0.1) is 11.3 Å². The van der Waals surface area contributed by atoms with Gasteiger partial charge in [-0.05, 0) is 45.2 Å². The van der Waals surface area contributed by atoms with Gasteiger partial charge in [-0.1, -0.05) is 29.8 Å². The summed E-state index contributed by atoms with van der Waals surface area (Å²) in [6.45, 7) is 6.27. The zero-order valence-corrected chi connectivity index (χ0v) is 22.4. The van der Waals surface area contributed by atoms with Crippen LogP contribution < -0.4 is 10.6 Å². The van der Waals surface area contributed by atoms with E-state index in [4.69, 9.17) is 25.5 Å². The van der Waals surface area contributed by atoms with E-state index in [1.807, 2.05) is 24.3 Å². The maximum atomic E-state index is 13.3. The van der Waals surface area contributed by atoms with Gasteiger partial charge in [-0.3, -0.25) is 4.79 Å². The molecule has 0 spiro atoms. The van der Waals surface area contributed by atoms with Gasteiger partial charge in [-0.25, -0.2) is 9.78 Å². The number of nitrogens with one attached hydrogen (secondary N) is 2. The van der Waals surface area contributed by atoms with Crippen LogP contribution in [0.25, 0.3) is 10.8 Å². The van der Waals surface area contributed by atoms with Crippen LogP contribution in [0.15, 0.2) is 41.1 Å². The molecular formula is C26H30ClN3O6S. The molecule has 1 aliphatic rings. The number of aliphatic carboxylic acids is 1. The third-order valence-electron chi connectivity index (χ3n) is 6.19. The fraction of sp³-hybridized carbons (Fsp3) is 0.423. The monoisotopic (exact) mass is 547 g/mol. The number of rotatable bonds is 10. The van der Waals surface area contributed by atoms with Gasteiger partial charge in [0.25, 0.3) is 5.91 Å². The van der Waals surface area contributed by atoms with Crippen molar-refractivity contribution in [3.8, 4) is 10.8 Å². The molecule has 9 nitrogen and oxygen atoms in total. The lowest BCUT2D eigenvalue weighted by molar-refractivity contribution is -0.143. The average Bonchev–Trinajstić information content (AvgIpc) is 3.50. The highest BCUT2D eigenvalue weighted by molar-refractivity contribution is 7.20. The van der Waals surface area contributed by atoms with Gasteiger partial charge in [0.05, 0.1) is 22.7 Å². The highest BCUT2D eigenvalue weighted by Crippen LogP contribution is 2.40. The number of carbonyl (C=O) groups is 2. The second-order valence-electron chi connectivity index (χ2n) is 9.32. The molecule has 1 amide bonds. The molecule has 4 rings (SSSR count). The van der Waals surface area contributed by atoms with E-state index in [2.05, 4.69) is 15.6 Å². The highest BCUT2D eigenvalue weighted by atomic mass is 35.5. The van der Waals surface area contributed by atoms with E-state index < -0.39 is 23.5 Å². The summed E-state index contributed by atoms with van der Waals surface area (Å²) < 4.78 is 17.4. The quantitative estimate of drug-likeness (QED) is 0.312. The first-order valence-corrected chi connectivity index (χ1v) is 13.2. The maximum Gasteiger partial charge on any atom is 0.328 e. The molecule has 0 unspecified atom stereocenters. The van der Waals surface area contributed by atoms with Gasteiger partial charge in [-0.2, -0.15) is 0 Å². The number of carboxylic acids is 1. The smallest absolute Gasteiger partial charge is 0.328 e. The third-order valence-corrected chi connectivity index (χ3v) is 7.77. The van der Waals surface area contributed by atoms with Crippen molar-refractivity contribution in [3.05, 3.63) is 58.4 Å². The summed E-state index contributed by atoms with van der Waals surface area (Å²) in [5, 5.41) is 16.7. The maximum absolute atomic E-state index is 13.3. The number of hydrogen-bond donors (Lipinski definition) is 3. The fourth-order valence-electron chi connectivity index (χ4n) is 4.05. The van der Waals surface area contributed by atoms with E-state index in [0.29, 0.717) is 51.7 Å². The number of halogens is 1. The minimum absolute atomic E-state index is 0.0175.